The molecule has 1 aromatic carbocycles. The van der Waals surface area contributed by atoms with Crippen LogP contribution in [0.25, 0.3) is 5.57 Å². The molecule has 16 heavy (non-hydrogen) atoms. The SMILES string of the molecule is COC1=CC=C(c2ccc(C=O)cc2)CC1. The van der Waals surface area contributed by atoms with E-state index in [1.807, 2.05) is 30.3 Å². The van der Waals surface area contributed by atoms with Crippen molar-refractivity contribution in [2.24, 2.45) is 0 Å². The van der Waals surface area contributed by atoms with Crippen LogP contribution in [0.1, 0.15) is 28.8 Å². The fraction of sp³-hybridized carbons (Fsp3) is 0.214. The number of benzene rings is 1. The third-order valence-electron chi connectivity index (χ3n) is 2.79. The lowest BCUT2D eigenvalue weighted by Crippen LogP contribution is -1.95. The quantitative estimate of drug-likeness (QED) is 0.722. The van der Waals surface area contributed by atoms with Crippen molar-refractivity contribution in [1.82, 2.24) is 0 Å². The van der Waals surface area contributed by atoms with Crippen molar-refractivity contribution < 1.29 is 9.53 Å². The van der Waals surface area contributed by atoms with Gasteiger partial charge in [0.25, 0.3) is 0 Å². The van der Waals surface area contributed by atoms with Gasteiger partial charge in [0.15, 0.2) is 0 Å². The number of rotatable bonds is 3. The topological polar surface area (TPSA) is 26.3 Å². The molecule has 0 heterocycles. The molecule has 2 heteroatoms. The van der Waals surface area contributed by atoms with Gasteiger partial charge in [0.1, 0.15) is 6.29 Å². The van der Waals surface area contributed by atoms with Crippen LogP contribution in [0, 0.1) is 0 Å². The van der Waals surface area contributed by atoms with Gasteiger partial charge in [-0.3, -0.25) is 4.79 Å². The van der Waals surface area contributed by atoms with Crippen molar-refractivity contribution in [2.45, 2.75) is 12.8 Å². The Bertz CT molecular complexity index is 438. The summed E-state index contributed by atoms with van der Waals surface area (Å²) in [5.41, 5.74) is 3.18. The van der Waals surface area contributed by atoms with Gasteiger partial charge >= 0.3 is 0 Å². The second-order valence-corrected chi connectivity index (χ2v) is 3.77. The average molecular weight is 214 g/mol. The van der Waals surface area contributed by atoms with Gasteiger partial charge in [-0.2, -0.15) is 0 Å². The summed E-state index contributed by atoms with van der Waals surface area (Å²) in [6, 6.07) is 7.67. The zero-order chi connectivity index (χ0) is 11.4. The summed E-state index contributed by atoms with van der Waals surface area (Å²) in [7, 11) is 1.70. The molecule has 0 saturated heterocycles. The first-order valence-electron chi connectivity index (χ1n) is 5.33. The van der Waals surface area contributed by atoms with E-state index in [0.29, 0.717) is 5.56 Å². The first kappa shape index (κ1) is 10.7. The van der Waals surface area contributed by atoms with E-state index >= 15 is 0 Å². The van der Waals surface area contributed by atoms with Gasteiger partial charge in [-0.1, -0.05) is 30.3 Å². The van der Waals surface area contributed by atoms with Crippen LogP contribution < -0.4 is 0 Å². The number of hydrogen-bond acceptors (Lipinski definition) is 2. The standard InChI is InChI=1S/C14H14O2/c1-16-14-8-6-13(7-9-14)12-4-2-11(10-15)3-5-12/h2-6,8,10H,7,9H2,1H3. The lowest BCUT2D eigenvalue weighted by Gasteiger charge is -2.13. The first-order valence-corrected chi connectivity index (χ1v) is 5.33. The molecule has 1 aromatic rings. The Morgan fingerprint density at radius 1 is 1.12 bits per heavy atom. The van der Waals surface area contributed by atoms with Gasteiger partial charge in [0, 0.05) is 12.0 Å². The lowest BCUT2D eigenvalue weighted by molar-refractivity contribution is 0.112. The predicted molar refractivity (Wildman–Crippen MR) is 64.1 cm³/mol. The summed E-state index contributed by atoms with van der Waals surface area (Å²) in [5, 5.41) is 0. The highest BCUT2D eigenvalue weighted by Gasteiger charge is 2.08. The van der Waals surface area contributed by atoms with Crippen LogP contribution in [-0.2, 0) is 4.74 Å². The number of carbonyl (C=O) groups is 1. The maximum atomic E-state index is 10.5. The van der Waals surface area contributed by atoms with E-state index in [1.54, 1.807) is 7.11 Å². The molecule has 0 aromatic heterocycles. The van der Waals surface area contributed by atoms with E-state index in [-0.39, 0.29) is 0 Å². The molecule has 0 saturated carbocycles. The van der Waals surface area contributed by atoms with Crippen LogP contribution in [-0.4, -0.2) is 13.4 Å². The highest BCUT2D eigenvalue weighted by atomic mass is 16.5. The number of methoxy groups -OCH3 is 1. The minimum Gasteiger partial charge on any atom is -0.501 e. The maximum absolute atomic E-state index is 10.5. The summed E-state index contributed by atoms with van der Waals surface area (Å²) in [6.07, 6.45) is 6.88. The predicted octanol–water partition coefficient (Wildman–Crippen LogP) is 3.21. The van der Waals surface area contributed by atoms with E-state index < -0.39 is 0 Å². The molecule has 1 aliphatic rings. The Morgan fingerprint density at radius 2 is 1.88 bits per heavy atom. The third-order valence-corrected chi connectivity index (χ3v) is 2.79. The number of allylic oxidation sites excluding steroid dienone is 4. The van der Waals surface area contributed by atoms with Crippen LogP contribution in [0.2, 0.25) is 0 Å². The third kappa shape index (κ3) is 2.22. The second kappa shape index (κ2) is 4.79. The minimum absolute atomic E-state index is 0.716. The fourth-order valence-electron chi connectivity index (χ4n) is 1.80. The Balaban J connectivity index is 2.22. The summed E-state index contributed by atoms with van der Waals surface area (Å²) in [5.74, 6) is 1.02. The Kier molecular flexibility index (Phi) is 3.20. The van der Waals surface area contributed by atoms with Crippen molar-refractivity contribution in [3.8, 4) is 0 Å². The van der Waals surface area contributed by atoms with Gasteiger partial charge in [-0.15, -0.1) is 0 Å². The van der Waals surface area contributed by atoms with E-state index in [9.17, 15) is 4.79 Å². The number of carbonyl (C=O) groups excluding carboxylic acids is 1. The average Bonchev–Trinajstić information content (AvgIpc) is 2.39. The molecule has 0 bridgehead atoms. The van der Waals surface area contributed by atoms with Crippen LogP contribution in [0.4, 0.5) is 0 Å². The van der Waals surface area contributed by atoms with Crippen molar-refractivity contribution in [2.75, 3.05) is 7.11 Å². The monoisotopic (exact) mass is 214 g/mol. The number of hydrogen-bond donors (Lipinski definition) is 0. The smallest absolute Gasteiger partial charge is 0.150 e. The summed E-state index contributed by atoms with van der Waals surface area (Å²) >= 11 is 0. The normalized spacial score (nSPS) is 15.1. The van der Waals surface area contributed by atoms with Gasteiger partial charge < -0.3 is 4.74 Å². The molecule has 0 unspecified atom stereocenters. The molecule has 1 aliphatic carbocycles. The van der Waals surface area contributed by atoms with Crippen LogP contribution >= 0.6 is 0 Å². The lowest BCUT2D eigenvalue weighted by atomic mass is 9.96. The maximum Gasteiger partial charge on any atom is 0.150 e. The van der Waals surface area contributed by atoms with Crippen LogP contribution in [0.5, 0.6) is 0 Å². The molecule has 0 aliphatic heterocycles. The van der Waals surface area contributed by atoms with E-state index in [2.05, 4.69) is 6.08 Å². The highest BCUT2D eigenvalue weighted by molar-refractivity contribution is 5.77. The second-order valence-electron chi connectivity index (χ2n) is 3.77. The molecular weight excluding hydrogens is 200 g/mol. The zero-order valence-corrected chi connectivity index (χ0v) is 9.27. The molecule has 0 amide bonds. The van der Waals surface area contributed by atoms with E-state index in [0.717, 1.165) is 24.9 Å². The molecule has 0 atom stereocenters. The number of ether oxygens (including phenoxy) is 1. The first-order chi connectivity index (χ1) is 7.83. The van der Waals surface area contributed by atoms with Gasteiger partial charge in [0.2, 0.25) is 0 Å². The summed E-state index contributed by atoms with van der Waals surface area (Å²) in [6.45, 7) is 0. The molecule has 2 rings (SSSR count). The largest absolute Gasteiger partial charge is 0.501 e. The van der Waals surface area contributed by atoms with Crippen LogP contribution in [0.3, 0.4) is 0 Å². The van der Waals surface area contributed by atoms with Gasteiger partial charge in [-0.05, 0) is 23.6 Å². The minimum atomic E-state index is 0.716. The van der Waals surface area contributed by atoms with E-state index in [1.165, 1.54) is 11.1 Å². The molecule has 0 spiro atoms. The Labute approximate surface area is 95.2 Å². The molecule has 2 nitrogen and oxygen atoms in total. The molecular formula is C14H14O2. The molecule has 0 fully saturated rings. The molecule has 0 radical (unpaired) electrons. The van der Waals surface area contributed by atoms with Crippen molar-refractivity contribution in [3.63, 3.8) is 0 Å². The molecule has 82 valence electrons. The van der Waals surface area contributed by atoms with Gasteiger partial charge in [-0.25, -0.2) is 0 Å². The molecule has 0 N–H and O–H groups in total. The van der Waals surface area contributed by atoms with Crippen LogP contribution in [0.15, 0.2) is 42.2 Å². The Hall–Kier alpha value is -1.83. The Morgan fingerprint density at radius 3 is 2.38 bits per heavy atom. The zero-order valence-electron chi connectivity index (χ0n) is 9.27. The van der Waals surface area contributed by atoms with Gasteiger partial charge in [0.05, 0.1) is 12.9 Å². The van der Waals surface area contributed by atoms with Crippen molar-refractivity contribution in [3.05, 3.63) is 53.3 Å². The van der Waals surface area contributed by atoms with E-state index in [4.69, 9.17) is 4.74 Å². The number of aldehydes is 1. The summed E-state index contributed by atoms with van der Waals surface area (Å²) in [4.78, 5) is 10.5. The fourth-order valence-corrected chi connectivity index (χ4v) is 1.80. The highest BCUT2D eigenvalue weighted by Crippen LogP contribution is 2.26. The summed E-state index contributed by atoms with van der Waals surface area (Å²) < 4.78 is 5.18. The van der Waals surface area contributed by atoms with Crippen molar-refractivity contribution in [1.29, 1.82) is 0 Å². The van der Waals surface area contributed by atoms with Crippen molar-refractivity contribution >= 4 is 11.9 Å².